The van der Waals surface area contributed by atoms with Gasteiger partial charge in [0.1, 0.15) is 6.33 Å². The number of hydrogen-bond donors (Lipinski definition) is 1. The van der Waals surface area contributed by atoms with E-state index >= 15 is 0 Å². The van der Waals surface area contributed by atoms with Crippen LogP contribution in [0.4, 0.5) is 5.95 Å². The van der Waals surface area contributed by atoms with Gasteiger partial charge < -0.3 is 0 Å². The van der Waals surface area contributed by atoms with Gasteiger partial charge in [0.2, 0.25) is 11.9 Å². The van der Waals surface area contributed by atoms with E-state index in [0.717, 1.165) is 16.5 Å². The van der Waals surface area contributed by atoms with Crippen LogP contribution in [0, 0.1) is 0 Å². The first kappa shape index (κ1) is 19.9. The number of nitrogens with one attached hydrogen (secondary N) is 1. The smallest absolute Gasteiger partial charge is 0.248 e. The molecule has 1 heterocycles. The van der Waals surface area contributed by atoms with Crippen LogP contribution in [0.5, 0.6) is 0 Å². The van der Waals surface area contributed by atoms with Crippen LogP contribution in [0.15, 0.2) is 59.3 Å². The summed E-state index contributed by atoms with van der Waals surface area (Å²) in [6, 6.07) is 15.4. The molecular weight excluding hydrogens is 420 g/mol. The third kappa shape index (κ3) is 5.60. The van der Waals surface area contributed by atoms with Crippen LogP contribution < -0.4 is 5.32 Å². The standard InChI is InChI=1S/C21H21BrN4O2/c1-2-15-3-7-17(8-4-15)19(27)11-12-20(28)24-21-23-14-26(25-21)13-16-5-9-18(22)10-6-16/h3-10,14H,2,11-13H2,1H3,(H,24,25,28). The number of aromatic nitrogens is 3. The molecule has 6 nitrogen and oxygen atoms in total. The van der Waals surface area contributed by atoms with E-state index in [1.54, 1.807) is 11.0 Å². The number of amides is 1. The van der Waals surface area contributed by atoms with E-state index in [2.05, 4.69) is 38.3 Å². The normalized spacial score (nSPS) is 10.6. The molecule has 0 atom stereocenters. The lowest BCUT2D eigenvalue weighted by Crippen LogP contribution is -2.15. The Morgan fingerprint density at radius 1 is 1.00 bits per heavy atom. The topological polar surface area (TPSA) is 76.9 Å². The minimum absolute atomic E-state index is 0.0495. The van der Waals surface area contributed by atoms with Crippen molar-refractivity contribution in [3.8, 4) is 0 Å². The van der Waals surface area contributed by atoms with Crippen molar-refractivity contribution in [2.45, 2.75) is 32.7 Å². The lowest BCUT2D eigenvalue weighted by atomic mass is 10.0. The van der Waals surface area contributed by atoms with Crippen molar-refractivity contribution in [1.82, 2.24) is 14.8 Å². The fourth-order valence-electron chi connectivity index (χ4n) is 2.69. The molecule has 1 aromatic heterocycles. The summed E-state index contributed by atoms with van der Waals surface area (Å²) >= 11 is 3.40. The number of hydrogen-bond acceptors (Lipinski definition) is 4. The molecule has 28 heavy (non-hydrogen) atoms. The zero-order valence-electron chi connectivity index (χ0n) is 15.6. The summed E-state index contributed by atoms with van der Waals surface area (Å²) in [5, 5.41) is 6.89. The molecule has 0 bridgehead atoms. The summed E-state index contributed by atoms with van der Waals surface area (Å²) in [7, 11) is 0. The summed E-state index contributed by atoms with van der Waals surface area (Å²) in [6.07, 6.45) is 2.74. The Balaban J connectivity index is 1.48. The number of Topliss-reactive ketones (excluding diaryl/α,β-unsaturated/α-hetero) is 1. The number of rotatable bonds is 8. The van der Waals surface area contributed by atoms with Crippen molar-refractivity contribution in [2.75, 3.05) is 5.32 Å². The second kappa shape index (κ2) is 9.41. The summed E-state index contributed by atoms with van der Waals surface area (Å²) in [5.41, 5.74) is 2.88. The predicted molar refractivity (Wildman–Crippen MR) is 111 cm³/mol. The zero-order chi connectivity index (χ0) is 19.9. The number of aryl methyl sites for hydroxylation is 1. The highest BCUT2D eigenvalue weighted by Crippen LogP contribution is 2.12. The molecule has 0 fully saturated rings. The molecule has 0 spiro atoms. The molecule has 0 aliphatic carbocycles. The molecular formula is C21H21BrN4O2. The molecule has 7 heteroatoms. The van der Waals surface area contributed by atoms with Gasteiger partial charge in [0, 0.05) is 22.9 Å². The first-order valence-corrected chi connectivity index (χ1v) is 9.88. The van der Waals surface area contributed by atoms with E-state index in [1.165, 1.54) is 5.56 Å². The number of halogens is 1. The molecule has 1 N–H and O–H groups in total. The van der Waals surface area contributed by atoms with E-state index in [4.69, 9.17) is 0 Å². The van der Waals surface area contributed by atoms with Crippen molar-refractivity contribution in [3.05, 3.63) is 76.0 Å². The van der Waals surface area contributed by atoms with Crippen molar-refractivity contribution in [1.29, 1.82) is 0 Å². The molecule has 0 saturated heterocycles. The van der Waals surface area contributed by atoms with Crippen molar-refractivity contribution >= 4 is 33.6 Å². The van der Waals surface area contributed by atoms with Gasteiger partial charge >= 0.3 is 0 Å². The van der Waals surface area contributed by atoms with Crippen LogP contribution in [0.1, 0.15) is 41.3 Å². The molecule has 0 aliphatic rings. The third-order valence-electron chi connectivity index (χ3n) is 4.31. The van der Waals surface area contributed by atoms with Gasteiger partial charge in [-0.05, 0) is 29.7 Å². The fourth-order valence-corrected chi connectivity index (χ4v) is 2.95. The van der Waals surface area contributed by atoms with E-state index in [1.807, 2.05) is 48.5 Å². The zero-order valence-corrected chi connectivity index (χ0v) is 17.1. The molecule has 0 saturated carbocycles. The van der Waals surface area contributed by atoms with Crippen LogP contribution in [0.25, 0.3) is 0 Å². The molecule has 3 rings (SSSR count). The van der Waals surface area contributed by atoms with Gasteiger partial charge in [-0.25, -0.2) is 9.67 Å². The highest BCUT2D eigenvalue weighted by molar-refractivity contribution is 9.10. The van der Waals surface area contributed by atoms with Crippen molar-refractivity contribution in [3.63, 3.8) is 0 Å². The van der Waals surface area contributed by atoms with Crippen LogP contribution in [0.3, 0.4) is 0 Å². The van der Waals surface area contributed by atoms with Gasteiger partial charge in [0.25, 0.3) is 0 Å². The Labute approximate surface area is 172 Å². The van der Waals surface area contributed by atoms with Crippen LogP contribution >= 0.6 is 15.9 Å². The molecule has 0 radical (unpaired) electrons. The number of nitrogens with zero attached hydrogens (tertiary/aromatic N) is 3. The molecule has 144 valence electrons. The SMILES string of the molecule is CCc1ccc(C(=O)CCC(=O)Nc2ncn(Cc3ccc(Br)cc3)n2)cc1. The van der Waals surface area contributed by atoms with Crippen molar-refractivity contribution in [2.24, 2.45) is 0 Å². The van der Waals surface area contributed by atoms with Crippen LogP contribution in [0.2, 0.25) is 0 Å². The van der Waals surface area contributed by atoms with E-state index in [-0.39, 0.29) is 30.5 Å². The third-order valence-corrected chi connectivity index (χ3v) is 4.84. The maximum absolute atomic E-state index is 12.2. The van der Waals surface area contributed by atoms with E-state index < -0.39 is 0 Å². The Morgan fingerprint density at radius 2 is 1.68 bits per heavy atom. The lowest BCUT2D eigenvalue weighted by molar-refractivity contribution is -0.116. The quantitative estimate of drug-likeness (QED) is 0.531. The second-order valence-corrected chi connectivity index (χ2v) is 7.33. The van der Waals surface area contributed by atoms with Crippen LogP contribution in [-0.4, -0.2) is 26.5 Å². The minimum atomic E-state index is -0.278. The molecule has 0 aliphatic heterocycles. The largest absolute Gasteiger partial charge is 0.294 e. The second-order valence-electron chi connectivity index (χ2n) is 6.41. The highest BCUT2D eigenvalue weighted by Gasteiger charge is 2.11. The van der Waals surface area contributed by atoms with Gasteiger partial charge in [-0.3, -0.25) is 14.9 Å². The minimum Gasteiger partial charge on any atom is -0.294 e. The van der Waals surface area contributed by atoms with E-state index in [0.29, 0.717) is 12.1 Å². The number of carbonyl (C=O) groups is 2. The molecule has 2 aromatic carbocycles. The van der Waals surface area contributed by atoms with Gasteiger partial charge in [-0.15, -0.1) is 5.10 Å². The summed E-state index contributed by atoms with van der Waals surface area (Å²) in [4.78, 5) is 28.4. The maximum atomic E-state index is 12.2. The average Bonchev–Trinajstić information content (AvgIpc) is 3.14. The Hall–Kier alpha value is -2.80. The van der Waals surface area contributed by atoms with Gasteiger partial charge in [0.15, 0.2) is 5.78 Å². The Bertz CT molecular complexity index is 949. The van der Waals surface area contributed by atoms with E-state index in [9.17, 15) is 9.59 Å². The maximum Gasteiger partial charge on any atom is 0.248 e. The number of ketones is 1. The van der Waals surface area contributed by atoms with Crippen LogP contribution in [-0.2, 0) is 17.8 Å². The Morgan fingerprint density at radius 3 is 2.36 bits per heavy atom. The predicted octanol–water partition coefficient (Wildman–Crippen LogP) is 4.25. The van der Waals surface area contributed by atoms with Gasteiger partial charge in [-0.1, -0.05) is 59.3 Å². The first-order chi connectivity index (χ1) is 13.5. The molecule has 1 amide bonds. The first-order valence-electron chi connectivity index (χ1n) is 9.09. The number of anilines is 1. The van der Waals surface area contributed by atoms with Gasteiger partial charge in [0.05, 0.1) is 6.54 Å². The van der Waals surface area contributed by atoms with Crippen molar-refractivity contribution < 1.29 is 9.59 Å². The monoisotopic (exact) mass is 440 g/mol. The number of benzene rings is 2. The summed E-state index contributed by atoms with van der Waals surface area (Å²) in [5.74, 6) is -0.0895. The number of carbonyl (C=O) groups excluding carboxylic acids is 2. The Kier molecular flexibility index (Phi) is 6.71. The summed E-state index contributed by atoms with van der Waals surface area (Å²) < 4.78 is 2.66. The highest BCUT2D eigenvalue weighted by atomic mass is 79.9. The molecule has 0 unspecified atom stereocenters. The molecule has 3 aromatic rings. The van der Waals surface area contributed by atoms with Gasteiger partial charge in [-0.2, -0.15) is 0 Å². The average molecular weight is 441 g/mol. The fraction of sp³-hybridized carbons (Fsp3) is 0.238. The lowest BCUT2D eigenvalue weighted by Gasteiger charge is -2.03. The summed E-state index contributed by atoms with van der Waals surface area (Å²) in [6.45, 7) is 2.62.